The molecular formula is C13H14O3S. The third kappa shape index (κ3) is 3.32. The van der Waals surface area contributed by atoms with Crippen molar-refractivity contribution >= 4 is 10.8 Å². The molecule has 0 aliphatic carbocycles. The summed E-state index contributed by atoms with van der Waals surface area (Å²) in [6.45, 7) is 0.744. The summed E-state index contributed by atoms with van der Waals surface area (Å²) >= 11 is 0. The Morgan fingerprint density at radius 2 is 2.41 bits per heavy atom. The summed E-state index contributed by atoms with van der Waals surface area (Å²) in [5.74, 6) is 5.77. The Morgan fingerprint density at radius 3 is 3.12 bits per heavy atom. The van der Waals surface area contributed by atoms with Crippen molar-refractivity contribution in [3.63, 3.8) is 0 Å². The van der Waals surface area contributed by atoms with Gasteiger partial charge in [0, 0.05) is 35.0 Å². The third-order valence-corrected chi connectivity index (χ3v) is 2.97. The van der Waals surface area contributed by atoms with Crippen LogP contribution in [-0.2, 0) is 20.3 Å². The van der Waals surface area contributed by atoms with Gasteiger partial charge in [0.25, 0.3) is 0 Å². The number of hydrogen-bond donors (Lipinski definition) is 0. The smallest absolute Gasteiger partial charge is 0.230 e. The fourth-order valence-corrected chi connectivity index (χ4v) is 1.95. The van der Waals surface area contributed by atoms with E-state index < -0.39 is 16.6 Å². The van der Waals surface area contributed by atoms with Crippen molar-refractivity contribution in [1.82, 2.24) is 0 Å². The molecule has 2 aliphatic heterocycles. The molecule has 1 saturated heterocycles. The predicted molar refractivity (Wildman–Crippen MR) is 67.2 cm³/mol. The first kappa shape index (κ1) is 12.2. The number of allylic oxidation sites excluding steroid dienone is 3. The minimum Gasteiger partial charge on any atom is -0.458 e. The van der Waals surface area contributed by atoms with Crippen molar-refractivity contribution in [2.45, 2.75) is 18.6 Å². The maximum atomic E-state index is 10.7. The zero-order valence-electron chi connectivity index (χ0n) is 9.64. The SMILES string of the molecule is CS(=O)/C=C/C#C/C=C1\C=CC2(CCCO2)O1. The van der Waals surface area contributed by atoms with Gasteiger partial charge in [-0.15, -0.1) is 0 Å². The van der Waals surface area contributed by atoms with Gasteiger partial charge in [0.05, 0.1) is 6.61 Å². The van der Waals surface area contributed by atoms with Crippen molar-refractivity contribution < 1.29 is 13.7 Å². The second-order valence-corrected chi connectivity index (χ2v) is 5.11. The Kier molecular flexibility index (Phi) is 3.82. The highest BCUT2D eigenvalue weighted by atomic mass is 32.2. The van der Waals surface area contributed by atoms with E-state index in [2.05, 4.69) is 11.8 Å². The van der Waals surface area contributed by atoms with Gasteiger partial charge in [-0.1, -0.05) is 11.8 Å². The van der Waals surface area contributed by atoms with E-state index in [-0.39, 0.29) is 0 Å². The summed E-state index contributed by atoms with van der Waals surface area (Å²) < 4.78 is 21.9. The van der Waals surface area contributed by atoms with E-state index in [1.54, 1.807) is 23.8 Å². The standard InChI is InChI=1S/C13H14O3S/c1-17(14)11-4-2-3-6-12-7-9-13(16-12)8-5-10-15-13/h4,6-7,9,11H,5,8,10H2,1H3/b11-4+,12-6+. The molecular weight excluding hydrogens is 236 g/mol. The molecule has 1 spiro atoms. The van der Waals surface area contributed by atoms with Crippen LogP contribution in [0.5, 0.6) is 0 Å². The van der Waals surface area contributed by atoms with Crippen LogP contribution in [0.3, 0.4) is 0 Å². The Morgan fingerprint density at radius 1 is 1.53 bits per heavy atom. The molecule has 0 amide bonds. The van der Waals surface area contributed by atoms with Crippen LogP contribution in [0.4, 0.5) is 0 Å². The third-order valence-electron chi connectivity index (χ3n) is 2.45. The first-order chi connectivity index (χ1) is 8.20. The molecule has 2 aliphatic rings. The molecule has 0 aromatic rings. The van der Waals surface area contributed by atoms with Crippen LogP contribution in [0, 0.1) is 11.8 Å². The number of ether oxygens (including phenoxy) is 2. The largest absolute Gasteiger partial charge is 0.458 e. The van der Waals surface area contributed by atoms with Gasteiger partial charge in [-0.3, -0.25) is 4.21 Å². The van der Waals surface area contributed by atoms with Gasteiger partial charge >= 0.3 is 0 Å². The van der Waals surface area contributed by atoms with E-state index in [9.17, 15) is 4.21 Å². The van der Waals surface area contributed by atoms with E-state index in [0.717, 1.165) is 19.4 Å². The van der Waals surface area contributed by atoms with Crippen molar-refractivity contribution in [3.05, 3.63) is 35.5 Å². The highest BCUT2D eigenvalue weighted by Crippen LogP contribution is 2.35. The fraction of sp³-hybridized carbons (Fsp3) is 0.385. The Labute approximate surface area is 104 Å². The first-order valence-corrected chi connectivity index (χ1v) is 7.05. The zero-order valence-corrected chi connectivity index (χ0v) is 10.5. The van der Waals surface area contributed by atoms with Crippen molar-refractivity contribution in [3.8, 4) is 11.8 Å². The molecule has 90 valence electrons. The molecule has 2 rings (SSSR count). The molecule has 0 aromatic carbocycles. The normalized spacial score (nSPS) is 30.8. The van der Waals surface area contributed by atoms with E-state index >= 15 is 0 Å². The van der Waals surface area contributed by atoms with Crippen molar-refractivity contribution in [2.24, 2.45) is 0 Å². The summed E-state index contributed by atoms with van der Waals surface area (Å²) in [6, 6.07) is 0. The first-order valence-electron chi connectivity index (χ1n) is 5.43. The average Bonchev–Trinajstić information content (AvgIpc) is 2.89. The molecule has 2 unspecified atom stereocenters. The minimum absolute atomic E-state index is 0.533. The fourth-order valence-electron chi connectivity index (χ4n) is 1.69. The van der Waals surface area contributed by atoms with Gasteiger partial charge < -0.3 is 9.47 Å². The van der Waals surface area contributed by atoms with E-state index in [1.807, 2.05) is 12.2 Å². The molecule has 0 aromatic heterocycles. The lowest BCUT2D eigenvalue weighted by molar-refractivity contribution is -0.135. The molecule has 2 heterocycles. The summed E-state index contributed by atoms with van der Waals surface area (Å²) in [5.41, 5.74) is 0. The van der Waals surface area contributed by atoms with Gasteiger partial charge in [-0.2, -0.15) is 0 Å². The van der Waals surface area contributed by atoms with Crippen LogP contribution >= 0.6 is 0 Å². The molecule has 0 N–H and O–H groups in total. The van der Waals surface area contributed by atoms with E-state index in [4.69, 9.17) is 9.47 Å². The van der Waals surface area contributed by atoms with Gasteiger partial charge in [0.15, 0.2) is 0 Å². The quantitative estimate of drug-likeness (QED) is 0.666. The van der Waals surface area contributed by atoms with Crippen LogP contribution in [0.15, 0.2) is 35.5 Å². The second-order valence-electron chi connectivity index (χ2n) is 3.84. The number of hydrogen-bond acceptors (Lipinski definition) is 3. The lowest BCUT2D eigenvalue weighted by atomic mass is 10.2. The molecule has 3 nitrogen and oxygen atoms in total. The molecule has 1 fully saturated rings. The molecule has 17 heavy (non-hydrogen) atoms. The average molecular weight is 250 g/mol. The maximum Gasteiger partial charge on any atom is 0.230 e. The van der Waals surface area contributed by atoms with Gasteiger partial charge in [0.1, 0.15) is 5.76 Å². The topological polar surface area (TPSA) is 35.5 Å². The van der Waals surface area contributed by atoms with Crippen LogP contribution in [0.2, 0.25) is 0 Å². The lowest BCUT2D eigenvalue weighted by Gasteiger charge is -2.20. The molecule has 4 heteroatoms. The van der Waals surface area contributed by atoms with E-state index in [1.165, 1.54) is 0 Å². The minimum atomic E-state index is -0.947. The predicted octanol–water partition coefficient (Wildman–Crippen LogP) is 1.86. The van der Waals surface area contributed by atoms with Gasteiger partial charge in [0.2, 0.25) is 5.79 Å². The van der Waals surface area contributed by atoms with Crippen LogP contribution < -0.4 is 0 Å². The highest BCUT2D eigenvalue weighted by molar-refractivity contribution is 7.87. The lowest BCUT2D eigenvalue weighted by Crippen LogP contribution is -2.24. The Bertz CT molecular complexity index is 457. The van der Waals surface area contributed by atoms with Crippen LogP contribution in [-0.4, -0.2) is 22.9 Å². The van der Waals surface area contributed by atoms with Crippen molar-refractivity contribution in [2.75, 3.05) is 12.9 Å². The van der Waals surface area contributed by atoms with Gasteiger partial charge in [-0.05, 0) is 24.6 Å². The second kappa shape index (κ2) is 5.35. The summed E-state index contributed by atoms with van der Waals surface area (Å²) in [7, 11) is -0.947. The molecule has 0 bridgehead atoms. The highest BCUT2D eigenvalue weighted by Gasteiger charge is 2.38. The van der Waals surface area contributed by atoms with Gasteiger partial charge in [-0.25, -0.2) is 0 Å². The van der Waals surface area contributed by atoms with Crippen LogP contribution in [0.1, 0.15) is 12.8 Å². The van der Waals surface area contributed by atoms with Crippen LogP contribution in [0.25, 0.3) is 0 Å². The molecule has 0 radical (unpaired) electrons. The summed E-state index contributed by atoms with van der Waals surface area (Å²) in [6.07, 6.45) is 10.6. The molecule has 0 saturated carbocycles. The van der Waals surface area contributed by atoms with Crippen molar-refractivity contribution in [1.29, 1.82) is 0 Å². The molecule has 2 atom stereocenters. The summed E-state index contributed by atoms with van der Waals surface area (Å²) in [4.78, 5) is 0. The Balaban J connectivity index is 1.93. The Hall–Kier alpha value is -1.31. The maximum absolute atomic E-state index is 10.7. The summed E-state index contributed by atoms with van der Waals surface area (Å²) in [5, 5.41) is 1.54. The monoisotopic (exact) mass is 250 g/mol. The zero-order chi connectivity index (χ0) is 12.1. The van der Waals surface area contributed by atoms with E-state index in [0.29, 0.717) is 5.76 Å². The number of rotatable bonds is 1.